The molecule has 8 nitrogen and oxygen atoms in total. The molecule has 1 saturated heterocycles. The van der Waals surface area contributed by atoms with Crippen LogP contribution in [-0.4, -0.2) is 61.0 Å². The van der Waals surface area contributed by atoms with Crippen LogP contribution in [0.4, 0.5) is 26.3 Å². The third-order valence-corrected chi connectivity index (χ3v) is 7.01. The molecule has 3 atom stereocenters. The highest BCUT2D eigenvalue weighted by molar-refractivity contribution is 7.90. The lowest BCUT2D eigenvalue weighted by atomic mass is 10.1. The maximum atomic E-state index is 13.2. The summed E-state index contributed by atoms with van der Waals surface area (Å²) in [7, 11) is -3.81. The van der Waals surface area contributed by atoms with Crippen LogP contribution in [0.1, 0.15) is 35.5 Å². The minimum Gasteiger partial charge on any atom is -0.480 e. The molecule has 2 aliphatic rings. The number of carbonyl (C=O) groups excluding carboxylic acids is 1. The SMILES string of the molecule is CC(Oc1ccc(S(C)(=O)=O)cc1C(=O)N1CC2CC2(c2nnc(C(F)(F)F)o2)C1)C(F)(F)F. The first-order chi connectivity index (χ1) is 15.5. The largest absolute Gasteiger partial charge is 0.480 e. The van der Waals surface area contributed by atoms with E-state index >= 15 is 0 Å². The van der Waals surface area contributed by atoms with Crippen LogP contribution in [0.5, 0.6) is 5.75 Å². The van der Waals surface area contributed by atoms with Gasteiger partial charge in [-0.25, -0.2) is 8.42 Å². The fourth-order valence-corrected chi connectivity index (χ4v) is 4.59. The van der Waals surface area contributed by atoms with E-state index in [0.29, 0.717) is 6.42 Å². The van der Waals surface area contributed by atoms with Crippen molar-refractivity contribution < 1.29 is 48.7 Å². The summed E-state index contributed by atoms with van der Waals surface area (Å²) in [5.41, 5.74) is -1.42. The number of piperidine rings is 1. The van der Waals surface area contributed by atoms with Crippen LogP contribution >= 0.6 is 0 Å². The zero-order chi connectivity index (χ0) is 25.3. The third kappa shape index (κ3) is 4.32. The Bertz CT molecular complexity index is 1240. The second-order valence-electron chi connectivity index (χ2n) is 8.38. The maximum Gasteiger partial charge on any atom is 0.470 e. The summed E-state index contributed by atoms with van der Waals surface area (Å²) in [6.45, 7) is 0.653. The predicted octanol–water partition coefficient (Wildman–Crippen LogP) is 3.24. The van der Waals surface area contributed by atoms with Crippen LogP contribution in [0.15, 0.2) is 27.5 Å². The standard InChI is InChI=1S/C19H17F6N3O5S/c1-9(18(20,21)22)32-13-4-3-11(34(2,30)31)5-12(13)14(29)28-7-10-6-17(10,8-28)15-26-27-16(33-15)19(23,24)25/h3-5,9-10H,6-8H2,1-2H3. The number of likely N-dealkylation sites (tertiary alicyclic amines) is 1. The van der Waals surface area contributed by atoms with E-state index in [1.165, 1.54) is 4.90 Å². The van der Waals surface area contributed by atoms with Crippen molar-refractivity contribution in [1.29, 1.82) is 0 Å². The number of alkyl halides is 6. The van der Waals surface area contributed by atoms with Crippen molar-refractivity contribution in [2.45, 2.75) is 42.1 Å². The molecule has 1 amide bonds. The molecule has 1 aromatic heterocycles. The van der Waals surface area contributed by atoms with Crippen LogP contribution in [0.3, 0.4) is 0 Å². The molecule has 0 bridgehead atoms. The van der Waals surface area contributed by atoms with E-state index in [-0.39, 0.29) is 29.8 Å². The minimum atomic E-state index is -4.84. The Morgan fingerprint density at radius 2 is 1.91 bits per heavy atom. The second kappa shape index (κ2) is 7.58. The topological polar surface area (TPSA) is 103 Å². The number of benzene rings is 1. The highest BCUT2D eigenvalue weighted by Gasteiger charge is 2.65. The van der Waals surface area contributed by atoms with Gasteiger partial charge in [0, 0.05) is 19.3 Å². The molecule has 2 aromatic rings. The monoisotopic (exact) mass is 513 g/mol. The van der Waals surface area contributed by atoms with E-state index in [1.54, 1.807) is 0 Å². The molecule has 1 saturated carbocycles. The van der Waals surface area contributed by atoms with Crippen LogP contribution in [0.2, 0.25) is 0 Å². The van der Waals surface area contributed by atoms with E-state index in [0.717, 1.165) is 31.4 Å². The number of amides is 1. The molecule has 2 fully saturated rings. The molecule has 186 valence electrons. The van der Waals surface area contributed by atoms with Gasteiger partial charge in [-0.2, -0.15) is 26.3 Å². The van der Waals surface area contributed by atoms with Crippen molar-refractivity contribution in [3.63, 3.8) is 0 Å². The lowest BCUT2D eigenvalue weighted by molar-refractivity contribution is -0.189. The first-order valence-corrected chi connectivity index (χ1v) is 11.7. The van der Waals surface area contributed by atoms with Gasteiger partial charge in [-0.05, 0) is 37.5 Å². The average molecular weight is 513 g/mol. The lowest BCUT2D eigenvalue weighted by Crippen LogP contribution is -2.35. The zero-order valence-corrected chi connectivity index (χ0v) is 18.4. The number of fused-ring (bicyclic) bond motifs is 1. The van der Waals surface area contributed by atoms with Crippen molar-refractivity contribution in [1.82, 2.24) is 15.1 Å². The number of hydrogen-bond donors (Lipinski definition) is 0. The molecule has 2 heterocycles. The number of halogens is 6. The summed E-state index contributed by atoms with van der Waals surface area (Å²) >= 11 is 0. The van der Waals surface area contributed by atoms with E-state index < -0.39 is 56.8 Å². The van der Waals surface area contributed by atoms with E-state index in [2.05, 4.69) is 10.2 Å². The van der Waals surface area contributed by atoms with Crippen LogP contribution < -0.4 is 4.74 Å². The van der Waals surface area contributed by atoms with Crippen molar-refractivity contribution >= 4 is 15.7 Å². The fourth-order valence-electron chi connectivity index (χ4n) is 3.95. The Kier molecular flexibility index (Phi) is 5.42. The number of rotatable bonds is 5. The number of nitrogens with zero attached hydrogens (tertiary/aromatic N) is 3. The van der Waals surface area contributed by atoms with Crippen molar-refractivity contribution in [2.75, 3.05) is 19.3 Å². The zero-order valence-electron chi connectivity index (χ0n) is 17.6. The Balaban J connectivity index is 1.63. The van der Waals surface area contributed by atoms with Crippen LogP contribution in [-0.2, 0) is 21.4 Å². The molecule has 4 rings (SSSR count). The van der Waals surface area contributed by atoms with Gasteiger partial charge in [0.1, 0.15) is 5.75 Å². The van der Waals surface area contributed by atoms with Gasteiger partial charge < -0.3 is 14.1 Å². The average Bonchev–Trinajstić information content (AvgIpc) is 3.07. The van der Waals surface area contributed by atoms with Crippen molar-refractivity contribution in [2.24, 2.45) is 5.92 Å². The summed E-state index contributed by atoms with van der Waals surface area (Å²) in [5.74, 6) is -3.42. The van der Waals surface area contributed by atoms with Gasteiger partial charge in [-0.3, -0.25) is 4.79 Å². The molecule has 1 aromatic carbocycles. The summed E-state index contributed by atoms with van der Waals surface area (Å²) in [4.78, 5) is 14.1. The Hall–Kier alpha value is -2.84. The second-order valence-corrected chi connectivity index (χ2v) is 10.4. The summed E-state index contributed by atoms with van der Waals surface area (Å²) in [6.07, 6.45) is -10.6. The lowest BCUT2D eigenvalue weighted by Gasteiger charge is -2.24. The summed E-state index contributed by atoms with van der Waals surface area (Å²) < 4.78 is 111. The minimum absolute atomic E-state index is 0.0555. The molecular weight excluding hydrogens is 496 g/mol. The van der Waals surface area contributed by atoms with Gasteiger partial charge in [0.25, 0.3) is 5.91 Å². The van der Waals surface area contributed by atoms with Gasteiger partial charge in [0.05, 0.1) is 15.9 Å². The summed E-state index contributed by atoms with van der Waals surface area (Å²) in [6, 6.07) is 2.90. The molecule has 0 spiro atoms. The molecule has 3 unspecified atom stereocenters. The van der Waals surface area contributed by atoms with E-state index in [1.807, 2.05) is 0 Å². The fraction of sp³-hybridized carbons (Fsp3) is 0.526. The number of aromatic nitrogens is 2. The van der Waals surface area contributed by atoms with E-state index in [4.69, 9.17) is 9.15 Å². The van der Waals surface area contributed by atoms with Gasteiger partial charge in [-0.15, -0.1) is 10.2 Å². The number of ether oxygens (including phenoxy) is 1. The molecule has 0 N–H and O–H groups in total. The molecule has 34 heavy (non-hydrogen) atoms. The quantitative estimate of drug-likeness (QED) is 0.566. The van der Waals surface area contributed by atoms with Gasteiger partial charge in [-0.1, -0.05) is 0 Å². The van der Waals surface area contributed by atoms with Gasteiger partial charge in [0.2, 0.25) is 5.89 Å². The molecule has 1 aliphatic heterocycles. The molecular formula is C19H17F6N3O5S. The van der Waals surface area contributed by atoms with Crippen LogP contribution in [0.25, 0.3) is 0 Å². The predicted molar refractivity (Wildman–Crippen MR) is 101 cm³/mol. The Morgan fingerprint density at radius 3 is 2.47 bits per heavy atom. The van der Waals surface area contributed by atoms with Crippen molar-refractivity contribution in [3.8, 4) is 5.75 Å². The van der Waals surface area contributed by atoms with E-state index in [9.17, 15) is 39.6 Å². The number of carbonyl (C=O) groups is 1. The summed E-state index contributed by atoms with van der Waals surface area (Å²) in [5, 5.41) is 6.47. The molecule has 1 aliphatic carbocycles. The normalized spacial score (nSPS) is 23.5. The first kappa shape index (κ1) is 24.3. The van der Waals surface area contributed by atoms with Gasteiger partial charge >= 0.3 is 18.2 Å². The number of hydrogen-bond acceptors (Lipinski definition) is 7. The van der Waals surface area contributed by atoms with Crippen LogP contribution in [0, 0.1) is 5.92 Å². The molecule has 0 radical (unpaired) electrons. The number of sulfone groups is 1. The molecule has 15 heteroatoms. The highest BCUT2D eigenvalue weighted by atomic mass is 32.2. The first-order valence-electron chi connectivity index (χ1n) is 9.80. The highest BCUT2D eigenvalue weighted by Crippen LogP contribution is 2.59. The van der Waals surface area contributed by atoms with Gasteiger partial charge in [0.15, 0.2) is 15.9 Å². The Morgan fingerprint density at radius 1 is 1.24 bits per heavy atom. The Labute approximate surface area is 188 Å². The smallest absolute Gasteiger partial charge is 0.470 e. The third-order valence-electron chi connectivity index (χ3n) is 5.90. The van der Waals surface area contributed by atoms with Crippen molar-refractivity contribution in [3.05, 3.63) is 35.5 Å². The maximum absolute atomic E-state index is 13.2.